The predicted octanol–water partition coefficient (Wildman–Crippen LogP) is 7.49. The Balaban J connectivity index is 0.00000164. The Morgan fingerprint density at radius 1 is 0.868 bits per heavy atom. The van der Waals surface area contributed by atoms with Crippen LogP contribution in [-0.4, -0.2) is 28.9 Å². The Morgan fingerprint density at radius 3 is 2.11 bits per heavy atom. The maximum Gasteiger partial charge on any atom is 0.288 e. The van der Waals surface area contributed by atoms with Gasteiger partial charge in [0, 0.05) is 6.04 Å². The normalized spacial score (nSPS) is 43.9. The zero-order chi connectivity index (χ0) is 28.2. The number of hydrogen-bond acceptors (Lipinski definition) is 3. The summed E-state index contributed by atoms with van der Waals surface area (Å²) in [7, 11) is 0. The zero-order valence-corrected chi connectivity index (χ0v) is 26.0. The smallest absolute Gasteiger partial charge is 0.288 e. The van der Waals surface area contributed by atoms with Crippen molar-refractivity contribution in [1.82, 2.24) is 5.32 Å². The molecule has 2 N–H and O–H groups in total. The highest BCUT2D eigenvalue weighted by Gasteiger charge is 2.65. The number of carbonyl (C=O) groups is 2. The van der Waals surface area contributed by atoms with E-state index < -0.39 is 5.41 Å². The fourth-order valence-corrected chi connectivity index (χ4v) is 10.9. The highest BCUT2D eigenvalue weighted by molar-refractivity contribution is 6.39. The van der Waals surface area contributed by atoms with Gasteiger partial charge in [0.25, 0.3) is 5.91 Å². The van der Waals surface area contributed by atoms with Gasteiger partial charge in [-0.05, 0) is 124 Å². The summed E-state index contributed by atoms with van der Waals surface area (Å²) >= 11 is 0. The first-order valence-corrected chi connectivity index (χ1v) is 16.1. The summed E-state index contributed by atoms with van der Waals surface area (Å²) in [5.41, 5.74) is 2.93. The summed E-state index contributed by atoms with van der Waals surface area (Å²) in [5, 5.41) is 13.6. The van der Waals surface area contributed by atoms with E-state index in [1.807, 2.05) is 27.7 Å². The van der Waals surface area contributed by atoms with Crippen LogP contribution in [-0.2, 0) is 9.59 Å². The molecule has 4 fully saturated rings. The van der Waals surface area contributed by atoms with Crippen LogP contribution in [0.5, 0.6) is 0 Å². The van der Waals surface area contributed by atoms with Crippen LogP contribution in [0.3, 0.4) is 0 Å². The number of ketones is 1. The number of Topliss-reactive ketones (excluding diaryl/α,β-unsaturated/α-hetero) is 1. The molecule has 1 amide bonds. The minimum atomic E-state index is -0.562. The molecule has 0 saturated heterocycles. The lowest BCUT2D eigenvalue weighted by Crippen LogP contribution is -2.61. The Labute approximate surface area is 233 Å². The van der Waals surface area contributed by atoms with Gasteiger partial charge in [-0.15, -0.1) is 0 Å². The van der Waals surface area contributed by atoms with Gasteiger partial charge >= 0.3 is 0 Å². The SMILES string of the molecule is CC.CC(C)NC(=O)C(=O)C12CCC(C(C)C)=C1C1CCC3C(C)(CCC4C(C)C(O)CCC43C)C1CC2. The molecule has 0 bridgehead atoms. The summed E-state index contributed by atoms with van der Waals surface area (Å²) in [6.07, 6.45) is 10.6. The van der Waals surface area contributed by atoms with Gasteiger partial charge < -0.3 is 10.4 Å². The molecule has 0 heterocycles. The van der Waals surface area contributed by atoms with Gasteiger partial charge in [0.2, 0.25) is 5.78 Å². The molecule has 0 aromatic carbocycles. The number of aliphatic hydroxyl groups excluding tert-OH is 1. The van der Waals surface area contributed by atoms with E-state index in [-0.39, 0.29) is 29.3 Å². The van der Waals surface area contributed by atoms with E-state index in [0.717, 1.165) is 44.9 Å². The minimum Gasteiger partial charge on any atom is -0.393 e. The van der Waals surface area contributed by atoms with Crippen molar-refractivity contribution in [2.75, 3.05) is 0 Å². The van der Waals surface area contributed by atoms with Gasteiger partial charge in [0.1, 0.15) is 0 Å². The van der Waals surface area contributed by atoms with E-state index in [1.165, 1.54) is 30.4 Å². The molecule has 0 aromatic rings. The number of hydrogen-bond donors (Lipinski definition) is 2. The fourth-order valence-electron chi connectivity index (χ4n) is 10.9. The quantitative estimate of drug-likeness (QED) is 0.294. The van der Waals surface area contributed by atoms with Crippen LogP contribution in [0, 0.1) is 51.8 Å². The molecule has 0 spiro atoms. The van der Waals surface area contributed by atoms with Crippen LogP contribution in [0.2, 0.25) is 0 Å². The number of fused-ring (bicyclic) bond motifs is 7. The summed E-state index contributed by atoms with van der Waals surface area (Å²) in [5.74, 6) is 2.67. The van der Waals surface area contributed by atoms with Crippen molar-refractivity contribution in [3.8, 4) is 0 Å². The lowest BCUT2D eigenvalue weighted by atomic mass is 9.38. The van der Waals surface area contributed by atoms with Gasteiger partial charge in [0.15, 0.2) is 0 Å². The molecule has 4 saturated carbocycles. The van der Waals surface area contributed by atoms with Crippen molar-refractivity contribution < 1.29 is 14.7 Å². The first-order valence-electron chi connectivity index (χ1n) is 16.1. The maximum atomic E-state index is 13.9. The third-order valence-electron chi connectivity index (χ3n) is 12.4. The average Bonchev–Trinajstić information content (AvgIpc) is 3.28. The molecule has 0 aliphatic heterocycles. The summed E-state index contributed by atoms with van der Waals surface area (Å²) < 4.78 is 0. The Morgan fingerprint density at radius 2 is 1.47 bits per heavy atom. The summed E-state index contributed by atoms with van der Waals surface area (Å²) in [6.45, 7) is 19.9. The van der Waals surface area contributed by atoms with Crippen molar-refractivity contribution in [2.45, 2.75) is 139 Å². The highest BCUT2D eigenvalue weighted by Crippen LogP contribution is 2.71. The van der Waals surface area contributed by atoms with Crippen LogP contribution in [0.15, 0.2) is 11.1 Å². The van der Waals surface area contributed by atoms with Crippen LogP contribution in [0.25, 0.3) is 0 Å². The number of rotatable bonds is 4. The standard InChI is InChI=1S/C32H51NO3.C2H6/c1-18(2)21-10-16-32(28(35)29(36)33-19(3)4)17-12-24-22(27(21)32)8-9-26-30(6)15-13-25(34)20(5)23(30)11-14-31(24,26)7;1-2/h18-20,22-26,34H,8-17H2,1-7H3,(H,33,36);1-2H3. The zero-order valence-electron chi connectivity index (χ0n) is 26.0. The van der Waals surface area contributed by atoms with Crippen LogP contribution >= 0.6 is 0 Å². The molecule has 216 valence electrons. The molecular weight excluding hydrogens is 470 g/mol. The second-order valence-corrected chi connectivity index (χ2v) is 14.6. The first kappa shape index (κ1) is 29.8. The average molecular weight is 528 g/mol. The maximum absolute atomic E-state index is 13.9. The van der Waals surface area contributed by atoms with Gasteiger partial charge in [0.05, 0.1) is 11.5 Å². The van der Waals surface area contributed by atoms with E-state index in [2.05, 4.69) is 39.9 Å². The Bertz CT molecular complexity index is 951. The Hall–Kier alpha value is -1.16. The topological polar surface area (TPSA) is 66.4 Å². The fraction of sp³-hybridized carbons (Fsp3) is 0.882. The molecule has 0 aromatic heterocycles. The second-order valence-electron chi connectivity index (χ2n) is 14.6. The van der Waals surface area contributed by atoms with Crippen molar-refractivity contribution in [3.05, 3.63) is 11.1 Å². The van der Waals surface area contributed by atoms with Gasteiger partial charge in [-0.25, -0.2) is 0 Å². The lowest BCUT2D eigenvalue weighted by molar-refractivity contribution is -0.179. The number of nitrogens with one attached hydrogen (secondary N) is 1. The summed E-state index contributed by atoms with van der Waals surface area (Å²) in [4.78, 5) is 26.9. The first-order chi connectivity index (χ1) is 17.9. The molecule has 4 nitrogen and oxygen atoms in total. The van der Waals surface area contributed by atoms with E-state index in [4.69, 9.17) is 0 Å². The van der Waals surface area contributed by atoms with Crippen molar-refractivity contribution >= 4 is 11.7 Å². The van der Waals surface area contributed by atoms with Gasteiger partial charge in [-0.3, -0.25) is 9.59 Å². The molecule has 0 radical (unpaired) electrons. The van der Waals surface area contributed by atoms with E-state index in [0.29, 0.717) is 40.9 Å². The van der Waals surface area contributed by atoms with Crippen LogP contribution < -0.4 is 5.32 Å². The number of aliphatic hydroxyl groups is 1. The van der Waals surface area contributed by atoms with Gasteiger partial charge in [-0.1, -0.05) is 59.6 Å². The lowest BCUT2D eigenvalue weighted by Gasteiger charge is -2.67. The minimum absolute atomic E-state index is 0.0192. The van der Waals surface area contributed by atoms with Crippen molar-refractivity contribution in [3.63, 3.8) is 0 Å². The van der Waals surface area contributed by atoms with E-state index in [9.17, 15) is 14.7 Å². The third kappa shape index (κ3) is 4.34. The molecule has 9 atom stereocenters. The third-order valence-corrected chi connectivity index (χ3v) is 12.4. The Kier molecular flexibility index (Phi) is 8.37. The highest BCUT2D eigenvalue weighted by atomic mass is 16.3. The van der Waals surface area contributed by atoms with Crippen molar-refractivity contribution in [1.29, 1.82) is 0 Å². The molecule has 9 unspecified atom stereocenters. The predicted molar refractivity (Wildman–Crippen MR) is 155 cm³/mol. The van der Waals surface area contributed by atoms with Gasteiger partial charge in [-0.2, -0.15) is 0 Å². The number of carbonyl (C=O) groups excluding carboxylic acids is 2. The second kappa shape index (κ2) is 10.7. The molecular formula is C34H57NO3. The molecule has 5 aliphatic rings. The van der Waals surface area contributed by atoms with E-state index >= 15 is 0 Å². The van der Waals surface area contributed by atoms with E-state index in [1.54, 1.807) is 0 Å². The summed E-state index contributed by atoms with van der Waals surface area (Å²) in [6, 6.07) is -0.0192. The molecule has 5 aliphatic carbocycles. The van der Waals surface area contributed by atoms with Crippen molar-refractivity contribution in [2.24, 2.45) is 51.8 Å². The molecule has 4 heteroatoms. The number of allylic oxidation sites excluding steroid dienone is 2. The molecule has 38 heavy (non-hydrogen) atoms. The van der Waals surface area contributed by atoms with Crippen LogP contribution in [0.1, 0.15) is 127 Å². The monoisotopic (exact) mass is 527 g/mol. The molecule has 5 rings (SSSR count). The number of amides is 1. The largest absolute Gasteiger partial charge is 0.393 e. The van der Waals surface area contributed by atoms with Crippen LogP contribution in [0.4, 0.5) is 0 Å².